The highest BCUT2D eigenvalue weighted by Gasteiger charge is 2.27. The van der Waals surface area contributed by atoms with E-state index in [0.717, 1.165) is 25.1 Å². The second kappa shape index (κ2) is 9.72. The molecule has 0 aliphatic carbocycles. The summed E-state index contributed by atoms with van der Waals surface area (Å²) in [5.74, 6) is -1.72. The van der Waals surface area contributed by atoms with Gasteiger partial charge in [-0.3, -0.25) is 24.3 Å². The first kappa shape index (κ1) is 24.4. The maximum absolute atomic E-state index is 12.9. The molecule has 34 heavy (non-hydrogen) atoms. The molecule has 2 N–H and O–H groups in total. The number of non-ortho nitro benzene ring substituents is 1. The van der Waals surface area contributed by atoms with Gasteiger partial charge in [-0.2, -0.15) is 18.6 Å². The highest BCUT2D eigenvalue weighted by molar-refractivity contribution is 7.86. The fourth-order valence-electron chi connectivity index (χ4n) is 3.09. The number of anilines is 1. The lowest BCUT2D eigenvalue weighted by Gasteiger charge is -2.14. The number of nitro groups is 1. The Morgan fingerprint density at radius 2 is 1.85 bits per heavy atom. The summed E-state index contributed by atoms with van der Waals surface area (Å²) in [5, 5.41) is 21.7. The van der Waals surface area contributed by atoms with E-state index in [1.54, 1.807) is 18.2 Å². The normalized spacial score (nSPS) is 12.4. The highest BCUT2D eigenvalue weighted by Crippen LogP contribution is 2.33. The van der Waals surface area contributed by atoms with Gasteiger partial charge in [-0.15, -0.1) is 0 Å². The highest BCUT2D eigenvalue weighted by atomic mass is 32.2. The average molecular weight is 486 g/mol. The molecule has 3 aromatic rings. The number of nitrogens with one attached hydrogen (secondary N) is 1. The molecule has 0 saturated heterocycles. The molecule has 13 heteroatoms. The molecule has 12 nitrogen and oxygen atoms in total. The van der Waals surface area contributed by atoms with Gasteiger partial charge >= 0.3 is 0 Å². The van der Waals surface area contributed by atoms with Crippen molar-refractivity contribution in [3.63, 3.8) is 0 Å². The van der Waals surface area contributed by atoms with Crippen molar-refractivity contribution in [1.29, 1.82) is 0 Å². The van der Waals surface area contributed by atoms with Crippen molar-refractivity contribution >= 4 is 49.6 Å². The molecule has 3 aromatic carbocycles. The van der Waals surface area contributed by atoms with Crippen LogP contribution in [0.5, 0.6) is 5.75 Å². The van der Waals surface area contributed by atoms with Gasteiger partial charge < -0.3 is 10.1 Å². The number of carbonyl (C=O) groups is 2. The number of nitrogens with zero attached hydrogens (tertiary/aromatic N) is 3. The maximum Gasteiger partial charge on any atom is 0.296 e. The first-order valence-electron chi connectivity index (χ1n) is 9.56. The number of rotatable bonds is 8. The molecule has 0 aliphatic heterocycles. The number of methoxy groups -OCH3 is 1. The molecule has 0 heterocycles. The third-order valence-corrected chi connectivity index (χ3v) is 5.60. The summed E-state index contributed by atoms with van der Waals surface area (Å²) in [4.78, 5) is 34.8. The summed E-state index contributed by atoms with van der Waals surface area (Å²) in [5.41, 5.74) is -0.457. The van der Waals surface area contributed by atoms with Crippen LogP contribution in [-0.4, -0.2) is 42.7 Å². The molecule has 0 bridgehead atoms. The number of fused-ring (bicyclic) bond motifs is 1. The second-order valence-electron chi connectivity index (χ2n) is 6.97. The number of carbonyl (C=O) groups excluding carboxylic acids is 2. The Morgan fingerprint density at radius 3 is 2.47 bits per heavy atom. The lowest BCUT2D eigenvalue weighted by atomic mass is 10.1. The standard InChI is InChI=1S/C21H18N4O8S/c1-12(26)19(24-23-16-9-8-14(25(28)29)11-17(16)33-2)21(27)22-20-15-6-4-3-5-13(15)7-10-18(20)34(30,31)32/h3-11,19H,1-2H3,(H,22,27)(H,30,31,32). The zero-order chi connectivity index (χ0) is 25.0. The molecule has 1 atom stereocenters. The Bertz CT molecular complexity index is 1440. The topological polar surface area (TPSA) is 178 Å². The van der Waals surface area contributed by atoms with Gasteiger partial charge in [-0.1, -0.05) is 30.3 Å². The number of hydrogen-bond acceptors (Lipinski definition) is 9. The SMILES string of the molecule is COc1cc([N+](=O)[O-])ccc1N=NC(C(C)=O)C(=O)Nc1c(S(=O)(=O)O)ccc2ccccc12. The van der Waals surface area contributed by atoms with Crippen LogP contribution in [-0.2, 0) is 19.7 Å². The minimum absolute atomic E-state index is 0.0108. The van der Waals surface area contributed by atoms with Crippen molar-refractivity contribution in [1.82, 2.24) is 0 Å². The Kier molecular flexibility index (Phi) is 6.98. The quantitative estimate of drug-likeness (QED) is 0.159. The predicted octanol–water partition coefficient (Wildman–Crippen LogP) is 3.68. The maximum atomic E-state index is 12.9. The number of ether oxygens (including phenoxy) is 1. The van der Waals surface area contributed by atoms with Gasteiger partial charge in [0.25, 0.3) is 21.7 Å². The van der Waals surface area contributed by atoms with Gasteiger partial charge in [0.15, 0.2) is 11.5 Å². The van der Waals surface area contributed by atoms with E-state index in [1.165, 1.54) is 25.3 Å². The Morgan fingerprint density at radius 1 is 1.15 bits per heavy atom. The molecular weight excluding hydrogens is 468 g/mol. The summed E-state index contributed by atoms with van der Waals surface area (Å²) in [6.45, 7) is 1.09. The van der Waals surface area contributed by atoms with Crippen molar-refractivity contribution in [2.75, 3.05) is 12.4 Å². The molecule has 0 aliphatic rings. The second-order valence-corrected chi connectivity index (χ2v) is 8.36. The van der Waals surface area contributed by atoms with Gasteiger partial charge in [-0.25, -0.2) is 0 Å². The van der Waals surface area contributed by atoms with Crippen LogP contribution in [0.3, 0.4) is 0 Å². The van der Waals surface area contributed by atoms with Crippen LogP contribution in [0.15, 0.2) is 69.7 Å². The Balaban J connectivity index is 2.00. The molecule has 0 fully saturated rings. The van der Waals surface area contributed by atoms with E-state index < -0.39 is 37.7 Å². The number of benzene rings is 3. The van der Waals surface area contributed by atoms with E-state index in [0.29, 0.717) is 10.8 Å². The number of hydrogen-bond donors (Lipinski definition) is 2. The van der Waals surface area contributed by atoms with Gasteiger partial charge in [0.1, 0.15) is 10.6 Å². The minimum atomic E-state index is -4.72. The smallest absolute Gasteiger partial charge is 0.296 e. The molecule has 0 saturated carbocycles. The first-order chi connectivity index (χ1) is 16.0. The van der Waals surface area contributed by atoms with Crippen molar-refractivity contribution < 1.29 is 32.2 Å². The molecule has 176 valence electrons. The lowest BCUT2D eigenvalue weighted by molar-refractivity contribution is -0.384. The number of ketones is 1. The summed E-state index contributed by atoms with van der Waals surface area (Å²) >= 11 is 0. The van der Waals surface area contributed by atoms with Gasteiger partial charge in [0, 0.05) is 11.5 Å². The molecular formula is C21H18N4O8S. The van der Waals surface area contributed by atoms with E-state index >= 15 is 0 Å². The minimum Gasteiger partial charge on any atom is -0.494 e. The molecule has 1 unspecified atom stereocenters. The number of Topliss-reactive ketones (excluding diaryl/α,β-unsaturated/α-hetero) is 1. The fraction of sp³-hybridized carbons (Fsp3) is 0.143. The third-order valence-electron chi connectivity index (χ3n) is 4.71. The summed E-state index contributed by atoms with van der Waals surface area (Å²) in [7, 11) is -3.46. The van der Waals surface area contributed by atoms with Crippen molar-refractivity contribution in [3.8, 4) is 5.75 Å². The molecule has 1 amide bonds. The summed E-state index contributed by atoms with van der Waals surface area (Å²) < 4.78 is 38.4. The number of azo groups is 1. The lowest BCUT2D eigenvalue weighted by Crippen LogP contribution is -2.32. The Hall–Kier alpha value is -4.23. The Labute approximate surface area is 193 Å². The van der Waals surface area contributed by atoms with E-state index in [2.05, 4.69) is 15.5 Å². The summed E-state index contributed by atoms with van der Waals surface area (Å²) in [6, 6.07) is 10.9. The number of nitro benzene ring substituents is 1. The van der Waals surface area contributed by atoms with Crippen molar-refractivity contribution in [3.05, 3.63) is 64.7 Å². The number of amides is 1. The molecule has 0 radical (unpaired) electrons. The van der Waals surface area contributed by atoms with E-state index in [1.807, 2.05) is 0 Å². The molecule has 3 rings (SSSR count). The van der Waals surface area contributed by atoms with Crippen LogP contribution < -0.4 is 10.1 Å². The van der Waals surface area contributed by atoms with Gasteiger partial charge in [-0.05, 0) is 24.4 Å². The van der Waals surface area contributed by atoms with Crippen LogP contribution in [0, 0.1) is 10.1 Å². The monoisotopic (exact) mass is 486 g/mol. The molecule has 0 aromatic heterocycles. The fourth-order valence-corrected chi connectivity index (χ4v) is 3.75. The van der Waals surface area contributed by atoms with E-state index in [-0.39, 0.29) is 22.8 Å². The zero-order valence-corrected chi connectivity index (χ0v) is 18.6. The average Bonchev–Trinajstić information content (AvgIpc) is 2.78. The first-order valence-corrected chi connectivity index (χ1v) is 11.0. The van der Waals surface area contributed by atoms with Gasteiger partial charge in [0.2, 0.25) is 6.04 Å². The summed E-state index contributed by atoms with van der Waals surface area (Å²) in [6.07, 6.45) is 0. The van der Waals surface area contributed by atoms with Crippen LogP contribution in [0.1, 0.15) is 6.92 Å². The predicted molar refractivity (Wildman–Crippen MR) is 121 cm³/mol. The van der Waals surface area contributed by atoms with Gasteiger partial charge in [0.05, 0.1) is 23.8 Å². The largest absolute Gasteiger partial charge is 0.494 e. The van der Waals surface area contributed by atoms with Crippen LogP contribution in [0.4, 0.5) is 17.1 Å². The van der Waals surface area contributed by atoms with E-state index in [9.17, 15) is 32.7 Å². The van der Waals surface area contributed by atoms with Crippen LogP contribution in [0.25, 0.3) is 10.8 Å². The third kappa shape index (κ3) is 5.22. The van der Waals surface area contributed by atoms with E-state index in [4.69, 9.17) is 4.74 Å². The molecule has 0 spiro atoms. The van der Waals surface area contributed by atoms with Crippen molar-refractivity contribution in [2.45, 2.75) is 17.9 Å². The van der Waals surface area contributed by atoms with Crippen LogP contribution >= 0.6 is 0 Å². The zero-order valence-electron chi connectivity index (χ0n) is 17.8. The van der Waals surface area contributed by atoms with Crippen LogP contribution in [0.2, 0.25) is 0 Å². The van der Waals surface area contributed by atoms with Crippen molar-refractivity contribution in [2.24, 2.45) is 10.2 Å².